The van der Waals surface area contributed by atoms with Crippen molar-refractivity contribution in [3.63, 3.8) is 0 Å². The summed E-state index contributed by atoms with van der Waals surface area (Å²) in [5, 5.41) is 0. The van der Waals surface area contributed by atoms with Crippen molar-refractivity contribution in [2.24, 2.45) is 0 Å². The van der Waals surface area contributed by atoms with Crippen LogP contribution in [0.4, 0.5) is 0 Å². The van der Waals surface area contributed by atoms with Crippen molar-refractivity contribution in [3.05, 3.63) is 12.2 Å². The summed E-state index contributed by atoms with van der Waals surface area (Å²) < 4.78 is 17.4. The van der Waals surface area contributed by atoms with E-state index in [4.69, 9.17) is 14.2 Å². The summed E-state index contributed by atoms with van der Waals surface area (Å²) in [6.07, 6.45) is 59.3. The van der Waals surface area contributed by atoms with Crippen molar-refractivity contribution < 1.29 is 23.8 Å². The highest BCUT2D eigenvalue weighted by Gasteiger charge is 2.17. The van der Waals surface area contributed by atoms with Crippen molar-refractivity contribution in [3.8, 4) is 0 Å². The number of carbonyl (C=O) groups is 2. The molecule has 0 aromatic rings. The van der Waals surface area contributed by atoms with Gasteiger partial charge < -0.3 is 14.2 Å². The molecule has 0 aliphatic rings. The lowest BCUT2D eigenvalue weighted by Crippen LogP contribution is -2.30. The van der Waals surface area contributed by atoms with Crippen LogP contribution in [0.25, 0.3) is 0 Å². The average Bonchev–Trinajstić information content (AvgIpc) is 3.25. The minimum Gasteiger partial charge on any atom is -0.462 e. The van der Waals surface area contributed by atoms with Gasteiger partial charge in [0.1, 0.15) is 6.61 Å². The quantitative estimate of drug-likeness (QED) is 0.0347. The van der Waals surface area contributed by atoms with Gasteiger partial charge in [-0.15, -0.1) is 0 Å². The summed E-state index contributed by atoms with van der Waals surface area (Å²) in [4.78, 5) is 25.4. The van der Waals surface area contributed by atoms with Gasteiger partial charge in [-0.2, -0.15) is 0 Å². The maximum absolute atomic E-state index is 12.8. The van der Waals surface area contributed by atoms with Crippen LogP contribution in [0, 0.1) is 0 Å². The SMILES string of the molecule is CCCCCCCC/C=C\CCCCCCCC(=O)OCC(COCCCCCCCCCCCCCCCCCC)OC(=O)CCCCCCCCCCCCCCC. The summed E-state index contributed by atoms with van der Waals surface area (Å²) in [5.41, 5.74) is 0. The molecule has 1 atom stereocenters. The maximum Gasteiger partial charge on any atom is 0.306 e. The largest absolute Gasteiger partial charge is 0.462 e. The topological polar surface area (TPSA) is 61.8 Å². The van der Waals surface area contributed by atoms with E-state index in [0.29, 0.717) is 26.1 Å². The number of allylic oxidation sites excluding steroid dienone is 2. The lowest BCUT2D eigenvalue weighted by atomic mass is 10.0. The van der Waals surface area contributed by atoms with Gasteiger partial charge in [0.2, 0.25) is 0 Å². The Morgan fingerprint density at radius 2 is 0.650 bits per heavy atom. The Labute approximate surface area is 375 Å². The minimum atomic E-state index is -0.529. The van der Waals surface area contributed by atoms with Crippen molar-refractivity contribution in [1.29, 1.82) is 0 Å². The molecule has 0 aliphatic carbocycles. The predicted molar refractivity (Wildman–Crippen MR) is 261 cm³/mol. The van der Waals surface area contributed by atoms with Gasteiger partial charge in [-0.3, -0.25) is 9.59 Å². The molecule has 356 valence electrons. The Morgan fingerprint density at radius 1 is 0.350 bits per heavy atom. The van der Waals surface area contributed by atoms with Gasteiger partial charge in [0.25, 0.3) is 0 Å². The fraction of sp³-hybridized carbons (Fsp3) is 0.927. The van der Waals surface area contributed by atoms with Crippen LogP contribution in [0.1, 0.15) is 303 Å². The first-order valence-corrected chi connectivity index (χ1v) is 27.2. The summed E-state index contributed by atoms with van der Waals surface area (Å²) in [5.74, 6) is -0.384. The van der Waals surface area contributed by atoms with Gasteiger partial charge in [-0.05, 0) is 44.9 Å². The smallest absolute Gasteiger partial charge is 0.306 e. The van der Waals surface area contributed by atoms with Crippen molar-refractivity contribution in [2.45, 2.75) is 309 Å². The standard InChI is InChI=1S/C55H106O5/c1-4-7-10-13-16-19-22-25-27-29-32-35-38-41-44-47-50-58-51-53(60-55(57)49-46-43-40-37-34-30-24-21-18-15-12-9-6-3)52-59-54(56)48-45-42-39-36-33-31-28-26-23-20-17-14-11-8-5-2/h26,28,53H,4-25,27,29-52H2,1-3H3/b28-26-. The van der Waals surface area contributed by atoms with Gasteiger partial charge in [-0.1, -0.05) is 258 Å². The first-order valence-electron chi connectivity index (χ1n) is 27.2. The zero-order chi connectivity index (χ0) is 43.5. The molecule has 1 unspecified atom stereocenters. The second-order valence-electron chi connectivity index (χ2n) is 18.5. The second kappa shape index (κ2) is 52.0. The molecule has 0 bridgehead atoms. The van der Waals surface area contributed by atoms with Gasteiger partial charge >= 0.3 is 11.9 Å². The molecule has 0 fully saturated rings. The zero-order valence-electron chi connectivity index (χ0n) is 41.0. The monoisotopic (exact) mass is 847 g/mol. The van der Waals surface area contributed by atoms with Crippen LogP contribution in [0.3, 0.4) is 0 Å². The van der Waals surface area contributed by atoms with Crippen LogP contribution in [-0.2, 0) is 23.8 Å². The number of esters is 2. The van der Waals surface area contributed by atoms with Gasteiger partial charge in [0.05, 0.1) is 6.61 Å². The Kier molecular flexibility index (Phi) is 50.8. The van der Waals surface area contributed by atoms with Crippen LogP contribution in [0.2, 0.25) is 0 Å². The van der Waals surface area contributed by atoms with Crippen molar-refractivity contribution in [2.75, 3.05) is 19.8 Å². The Balaban J connectivity index is 4.21. The molecule has 0 aromatic carbocycles. The van der Waals surface area contributed by atoms with Gasteiger partial charge in [-0.25, -0.2) is 0 Å². The average molecular weight is 847 g/mol. The lowest BCUT2D eigenvalue weighted by molar-refractivity contribution is -0.163. The summed E-state index contributed by atoms with van der Waals surface area (Å²) in [7, 11) is 0. The predicted octanol–water partition coefficient (Wildman–Crippen LogP) is 18.2. The fourth-order valence-corrected chi connectivity index (χ4v) is 8.21. The van der Waals surface area contributed by atoms with Crippen LogP contribution in [0.15, 0.2) is 12.2 Å². The van der Waals surface area contributed by atoms with E-state index < -0.39 is 6.10 Å². The lowest BCUT2D eigenvalue weighted by Gasteiger charge is -2.18. The van der Waals surface area contributed by atoms with Gasteiger partial charge in [0, 0.05) is 19.4 Å². The zero-order valence-corrected chi connectivity index (χ0v) is 41.0. The molecule has 0 amide bonds. The number of unbranched alkanes of at least 4 members (excludes halogenated alkanes) is 38. The number of hydrogen-bond acceptors (Lipinski definition) is 5. The van der Waals surface area contributed by atoms with Crippen LogP contribution in [-0.4, -0.2) is 37.9 Å². The molecule has 0 saturated carbocycles. The van der Waals surface area contributed by atoms with Crippen LogP contribution < -0.4 is 0 Å². The second-order valence-corrected chi connectivity index (χ2v) is 18.5. The van der Waals surface area contributed by atoms with E-state index in [-0.39, 0.29) is 18.5 Å². The number of hydrogen-bond donors (Lipinski definition) is 0. The summed E-state index contributed by atoms with van der Waals surface area (Å²) >= 11 is 0. The molecule has 0 heterocycles. The van der Waals surface area contributed by atoms with E-state index in [2.05, 4.69) is 32.9 Å². The molecule has 0 spiro atoms. The Bertz CT molecular complexity index is 871. The highest BCUT2D eigenvalue weighted by molar-refractivity contribution is 5.70. The molecular weight excluding hydrogens is 741 g/mol. The molecule has 0 saturated heterocycles. The Morgan fingerprint density at radius 3 is 1.02 bits per heavy atom. The summed E-state index contributed by atoms with van der Waals surface area (Å²) in [6.45, 7) is 7.88. The first kappa shape index (κ1) is 58.6. The first-order chi connectivity index (χ1) is 29.6. The van der Waals surface area contributed by atoms with E-state index in [9.17, 15) is 9.59 Å². The molecule has 5 heteroatoms. The molecule has 60 heavy (non-hydrogen) atoms. The number of carbonyl (C=O) groups excluding carboxylic acids is 2. The highest BCUT2D eigenvalue weighted by atomic mass is 16.6. The normalized spacial score (nSPS) is 12.1. The Hall–Kier alpha value is -1.36. The van der Waals surface area contributed by atoms with E-state index in [1.54, 1.807) is 0 Å². The maximum atomic E-state index is 12.8. The van der Waals surface area contributed by atoms with Crippen LogP contribution >= 0.6 is 0 Å². The minimum absolute atomic E-state index is 0.0905. The van der Waals surface area contributed by atoms with E-state index in [1.807, 2.05) is 0 Å². The molecule has 5 nitrogen and oxygen atoms in total. The number of rotatable bonds is 51. The van der Waals surface area contributed by atoms with Crippen molar-refractivity contribution >= 4 is 11.9 Å². The molecule has 0 N–H and O–H groups in total. The molecule has 0 rings (SSSR count). The molecule has 0 radical (unpaired) electrons. The van der Waals surface area contributed by atoms with E-state index in [0.717, 1.165) is 38.5 Å². The van der Waals surface area contributed by atoms with Gasteiger partial charge in [0.15, 0.2) is 6.10 Å². The third kappa shape index (κ3) is 49.3. The summed E-state index contributed by atoms with van der Waals surface area (Å²) in [6, 6.07) is 0. The molecular formula is C55H106O5. The van der Waals surface area contributed by atoms with E-state index >= 15 is 0 Å². The third-order valence-electron chi connectivity index (χ3n) is 12.3. The van der Waals surface area contributed by atoms with Crippen LogP contribution in [0.5, 0.6) is 0 Å². The number of ether oxygens (including phenoxy) is 3. The van der Waals surface area contributed by atoms with Crippen molar-refractivity contribution in [1.82, 2.24) is 0 Å². The fourth-order valence-electron chi connectivity index (χ4n) is 8.21. The highest BCUT2D eigenvalue weighted by Crippen LogP contribution is 2.16. The third-order valence-corrected chi connectivity index (χ3v) is 12.3. The van der Waals surface area contributed by atoms with E-state index in [1.165, 1.54) is 231 Å². The molecule has 0 aliphatic heterocycles. The molecule has 0 aromatic heterocycles.